The van der Waals surface area contributed by atoms with E-state index in [9.17, 15) is 13.6 Å². The predicted molar refractivity (Wildman–Crippen MR) is 66.5 cm³/mol. The smallest absolute Gasteiger partial charge is 0.254 e. The van der Waals surface area contributed by atoms with Gasteiger partial charge in [-0.05, 0) is 30.7 Å². The molecule has 1 atom stereocenters. The second-order valence-electron chi connectivity index (χ2n) is 4.08. The molecule has 98 valence electrons. The van der Waals surface area contributed by atoms with E-state index in [-0.39, 0.29) is 11.6 Å². The molecule has 0 bridgehead atoms. The Balaban J connectivity index is 2.16. The van der Waals surface area contributed by atoms with Gasteiger partial charge in [0.25, 0.3) is 5.91 Å². The van der Waals surface area contributed by atoms with Crippen molar-refractivity contribution in [2.24, 2.45) is 0 Å². The summed E-state index contributed by atoms with van der Waals surface area (Å²) in [5, 5.41) is 2.59. The van der Waals surface area contributed by atoms with Crippen LogP contribution in [0.25, 0.3) is 0 Å². The van der Waals surface area contributed by atoms with Crippen molar-refractivity contribution in [2.75, 3.05) is 0 Å². The summed E-state index contributed by atoms with van der Waals surface area (Å²) in [6.45, 7) is 1.74. The third kappa shape index (κ3) is 2.93. The second kappa shape index (κ2) is 5.56. The zero-order valence-corrected chi connectivity index (χ0v) is 10.2. The quantitative estimate of drug-likeness (QED) is 0.924. The number of hydrogen-bond acceptors (Lipinski definition) is 2. The molecule has 0 spiro atoms. The number of carbonyl (C=O) groups is 1. The van der Waals surface area contributed by atoms with Crippen LogP contribution in [-0.2, 0) is 0 Å². The van der Waals surface area contributed by atoms with Gasteiger partial charge in [-0.2, -0.15) is 0 Å². The molecule has 0 fully saturated rings. The summed E-state index contributed by atoms with van der Waals surface area (Å²) in [5.74, 6) is -2.84. The zero-order chi connectivity index (χ0) is 13.8. The van der Waals surface area contributed by atoms with Crippen molar-refractivity contribution >= 4 is 5.91 Å². The van der Waals surface area contributed by atoms with Gasteiger partial charge in [-0.1, -0.05) is 12.1 Å². The predicted octanol–water partition coefficient (Wildman–Crippen LogP) is 2.85. The van der Waals surface area contributed by atoms with E-state index >= 15 is 0 Å². The van der Waals surface area contributed by atoms with Crippen LogP contribution < -0.4 is 5.32 Å². The van der Waals surface area contributed by atoms with E-state index < -0.39 is 17.5 Å². The Labute approximate surface area is 109 Å². The van der Waals surface area contributed by atoms with Crippen molar-refractivity contribution < 1.29 is 13.6 Å². The second-order valence-corrected chi connectivity index (χ2v) is 4.08. The highest BCUT2D eigenvalue weighted by atomic mass is 19.2. The van der Waals surface area contributed by atoms with Crippen molar-refractivity contribution in [3.63, 3.8) is 0 Å². The van der Waals surface area contributed by atoms with Crippen LogP contribution in [0, 0.1) is 11.6 Å². The number of nitrogens with one attached hydrogen (secondary N) is 1. The normalized spacial score (nSPS) is 11.9. The fourth-order valence-corrected chi connectivity index (χ4v) is 1.67. The molecule has 0 aliphatic rings. The summed E-state index contributed by atoms with van der Waals surface area (Å²) in [7, 11) is 0. The van der Waals surface area contributed by atoms with Gasteiger partial charge in [-0.15, -0.1) is 0 Å². The molecular formula is C14H12F2N2O. The first-order chi connectivity index (χ1) is 9.09. The Morgan fingerprint density at radius 3 is 2.74 bits per heavy atom. The molecule has 1 aromatic heterocycles. The van der Waals surface area contributed by atoms with Crippen LogP contribution in [0.4, 0.5) is 8.78 Å². The first kappa shape index (κ1) is 13.1. The lowest BCUT2D eigenvalue weighted by atomic mass is 10.1. The topological polar surface area (TPSA) is 42.0 Å². The first-order valence-electron chi connectivity index (χ1n) is 5.74. The summed E-state index contributed by atoms with van der Waals surface area (Å²) < 4.78 is 26.5. The maximum Gasteiger partial charge on any atom is 0.254 e. The van der Waals surface area contributed by atoms with Crippen molar-refractivity contribution in [1.82, 2.24) is 10.3 Å². The monoisotopic (exact) mass is 262 g/mol. The largest absolute Gasteiger partial charge is 0.345 e. The SMILES string of the molecule is CC(NC(=O)c1cccc(F)c1F)c1cccnc1. The van der Waals surface area contributed by atoms with Gasteiger partial charge in [0.15, 0.2) is 11.6 Å². The zero-order valence-electron chi connectivity index (χ0n) is 10.2. The molecule has 19 heavy (non-hydrogen) atoms. The van der Waals surface area contributed by atoms with Crippen molar-refractivity contribution in [3.05, 3.63) is 65.5 Å². The summed E-state index contributed by atoms with van der Waals surface area (Å²) >= 11 is 0. The molecule has 0 saturated heterocycles. The van der Waals surface area contributed by atoms with Gasteiger partial charge < -0.3 is 5.32 Å². The molecule has 0 aliphatic carbocycles. The molecule has 1 heterocycles. The van der Waals surface area contributed by atoms with Crippen LogP contribution in [-0.4, -0.2) is 10.9 Å². The minimum Gasteiger partial charge on any atom is -0.345 e. The molecule has 0 aliphatic heterocycles. The van der Waals surface area contributed by atoms with Gasteiger partial charge >= 0.3 is 0 Å². The first-order valence-corrected chi connectivity index (χ1v) is 5.74. The molecule has 5 heteroatoms. The molecule has 0 radical (unpaired) electrons. The number of benzene rings is 1. The van der Waals surface area contributed by atoms with Gasteiger partial charge in [0.05, 0.1) is 11.6 Å². The summed E-state index contributed by atoms with van der Waals surface area (Å²) in [6, 6.07) is 6.69. The van der Waals surface area contributed by atoms with E-state index in [0.717, 1.165) is 11.6 Å². The van der Waals surface area contributed by atoms with Gasteiger partial charge in [-0.3, -0.25) is 9.78 Å². The number of nitrogens with zero attached hydrogens (tertiary/aromatic N) is 1. The van der Waals surface area contributed by atoms with Gasteiger partial charge in [0, 0.05) is 12.4 Å². The minimum atomic E-state index is -1.14. The summed E-state index contributed by atoms with van der Waals surface area (Å²) in [5.41, 5.74) is 0.475. The maximum atomic E-state index is 13.5. The Kier molecular flexibility index (Phi) is 3.85. The summed E-state index contributed by atoms with van der Waals surface area (Å²) in [4.78, 5) is 15.8. The molecule has 3 nitrogen and oxygen atoms in total. The van der Waals surface area contributed by atoms with Crippen LogP contribution in [0.15, 0.2) is 42.7 Å². The average Bonchev–Trinajstić information content (AvgIpc) is 2.42. The Bertz CT molecular complexity index is 587. The van der Waals surface area contributed by atoms with E-state index in [1.165, 1.54) is 12.1 Å². The Morgan fingerprint density at radius 1 is 1.26 bits per heavy atom. The van der Waals surface area contributed by atoms with E-state index in [0.29, 0.717) is 0 Å². The van der Waals surface area contributed by atoms with Crippen molar-refractivity contribution in [3.8, 4) is 0 Å². The number of rotatable bonds is 3. The van der Waals surface area contributed by atoms with Crippen LogP contribution in [0.3, 0.4) is 0 Å². The fraction of sp³-hybridized carbons (Fsp3) is 0.143. The van der Waals surface area contributed by atoms with Crippen molar-refractivity contribution in [1.29, 1.82) is 0 Å². The maximum absolute atomic E-state index is 13.5. The molecule has 1 N–H and O–H groups in total. The lowest BCUT2D eigenvalue weighted by Gasteiger charge is -2.14. The lowest BCUT2D eigenvalue weighted by molar-refractivity contribution is 0.0934. The van der Waals surface area contributed by atoms with Crippen LogP contribution in [0.5, 0.6) is 0 Å². The highest BCUT2D eigenvalue weighted by Crippen LogP contribution is 2.14. The minimum absolute atomic E-state index is 0.309. The molecule has 0 saturated carbocycles. The molecule has 1 aromatic carbocycles. The van der Waals surface area contributed by atoms with E-state index in [2.05, 4.69) is 10.3 Å². The van der Waals surface area contributed by atoms with E-state index in [1.807, 2.05) is 0 Å². The summed E-state index contributed by atoms with van der Waals surface area (Å²) in [6.07, 6.45) is 3.22. The van der Waals surface area contributed by atoms with Crippen LogP contribution >= 0.6 is 0 Å². The molecule has 1 unspecified atom stereocenters. The van der Waals surface area contributed by atoms with Crippen LogP contribution in [0.1, 0.15) is 28.9 Å². The number of aromatic nitrogens is 1. The van der Waals surface area contributed by atoms with Gasteiger partial charge in [0.1, 0.15) is 0 Å². The van der Waals surface area contributed by atoms with Gasteiger partial charge in [-0.25, -0.2) is 8.78 Å². The standard InChI is InChI=1S/C14H12F2N2O/c1-9(10-4-3-7-17-8-10)18-14(19)11-5-2-6-12(15)13(11)16/h2-9H,1H3,(H,18,19). The number of halogens is 2. The third-order valence-corrected chi connectivity index (χ3v) is 2.73. The highest BCUT2D eigenvalue weighted by Gasteiger charge is 2.17. The number of carbonyl (C=O) groups excluding carboxylic acids is 1. The third-order valence-electron chi connectivity index (χ3n) is 2.73. The number of hydrogen-bond donors (Lipinski definition) is 1. The van der Waals surface area contributed by atoms with Gasteiger partial charge in [0.2, 0.25) is 0 Å². The molecule has 1 amide bonds. The highest BCUT2D eigenvalue weighted by molar-refractivity contribution is 5.94. The van der Waals surface area contributed by atoms with Crippen LogP contribution in [0.2, 0.25) is 0 Å². The molecule has 2 rings (SSSR count). The van der Waals surface area contributed by atoms with Crippen molar-refractivity contribution in [2.45, 2.75) is 13.0 Å². The number of pyridine rings is 1. The Morgan fingerprint density at radius 2 is 2.05 bits per heavy atom. The molecular weight excluding hydrogens is 250 g/mol. The van der Waals surface area contributed by atoms with E-state index in [4.69, 9.17) is 0 Å². The van der Waals surface area contributed by atoms with E-state index in [1.54, 1.807) is 31.5 Å². The average molecular weight is 262 g/mol. The molecule has 2 aromatic rings. The lowest BCUT2D eigenvalue weighted by Crippen LogP contribution is -2.27. The number of amides is 1. The fourth-order valence-electron chi connectivity index (χ4n) is 1.67. The Hall–Kier alpha value is -2.30.